The molecule has 3 aromatic rings. The van der Waals surface area contributed by atoms with E-state index in [0.717, 1.165) is 22.4 Å². The van der Waals surface area contributed by atoms with E-state index in [0.29, 0.717) is 25.5 Å². The summed E-state index contributed by atoms with van der Waals surface area (Å²) in [6.45, 7) is 3.66. The zero-order valence-corrected chi connectivity index (χ0v) is 14.4. The molecule has 0 saturated heterocycles. The van der Waals surface area contributed by atoms with Gasteiger partial charge in [-0.25, -0.2) is 0 Å². The topological polar surface area (TPSA) is 44.5 Å². The summed E-state index contributed by atoms with van der Waals surface area (Å²) in [6.07, 6.45) is 0. The van der Waals surface area contributed by atoms with Crippen molar-refractivity contribution in [2.45, 2.75) is 13.5 Å². The summed E-state index contributed by atoms with van der Waals surface area (Å²) >= 11 is 0. The van der Waals surface area contributed by atoms with E-state index in [4.69, 9.17) is 15.2 Å². The standard InChI is InChI=1S/C22H23NO2/c1-17-10-12-19(13-11-17)22-20(23)8-5-9-21(22)25-15-14-24-16-18-6-3-2-4-7-18/h2-13H,14-16,23H2,1H3. The molecule has 0 atom stereocenters. The van der Waals surface area contributed by atoms with Gasteiger partial charge < -0.3 is 15.2 Å². The maximum Gasteiger partial charge on any atom is 0.129 e. The molecule has 0 spiro atoms. The fourth-order valence-corrected chi connectivity index (χ4v) is 2.67. The summed E-state index contributed by atoms with van der Waals surface area (Å²) in [6, 6.07) is 24.2. The van der Waals surface area contributed by atoms with Crippen molar-refractivity contribution in [3.8, 4) is 16.9 Å². The molecule has 3 rings (SSSR count). The second kappa shape index (κ2) is 8.36. The van der Waals surface area contributed by atoms with E-state index in [2.05, 4.69) is 31.2 Å². The summed E-state index contributed by atoms with van der Waals surface area (Å²) in [7, 11) is 0. The molecule has 0 aliphatic heterocycles. The van der Waals surface area contributed by atoms with Gasteiger partial charge in [-0.2, -0.15) is 0 Å². The minimum Gasteiger partial charge on any atom is -0.490 e. The Morgan fingerprint density at radius 3 is 2.32 bits per heavy atom. The highest BCUT2D eigenvalue weighted by molar-refractivity contribution is 5.82. The molecule has 25 heavy (non-hydrogen) atoms. The maximum absolute atomic E-state index is 6.19. The van der Waals surface area contributed by atoms with Crippen LogP contribution in [-0.4, -0.2) is 13.2 Å². The van der Waals surface area contributed by atoms with E-state index in [1.54, 1.807) is 0 Å². The van der Waals surface area contributed by atoms with Crippen LogP contribution in [0.15, 0.2) is 72.8 Å². The largest absolute Gasteiger partial charge is 0.490 e. The summed E-state index contributed by atoms with van der Waals surface area (Å²) in [4.78, 5) is 0. The molecule has 0 bridgehead atoms. The molecule has 0 unspecified atom stereocenters. The van der Waals surface area contributed by atoms with Gasteiger partial charge in [-0.1, -0.05) is 66.2 Å². The van der Waals surface area contributed by atoms with Crippen molar-refractivity contribution >= 4 is 5.69 Å². The number of rotatable bonds is 7. The monoisotopic (exact) mass is 333 g/mol. The molecule has 0 aliphatic carbocycles. The first-order valence-electron chi connectivity index (χ1n) is 8.44. The Morgan fingerprint density at radius 2 is 1.56 bits per heavy atom. The van der Waals surface area contributed by atoms with Gasteiger partial charge in [-0.15, -0.1) is 0 Å². The summed E-state index contributed by atoms with van der Waals surface area (Å²) < 4.78 is 11.6. The second-order valence-electron chi connectivity index (χ2n) is 5.97. The number of aryl methyl sites for hydroxylation is 1. The Morgan fingerprint density at radius 1 is 0.800 bits per heavy atom. The van der Waals surface area contributed by atoms with E-state index in [1.165, 1.54) is 5.56 Å². The SMILES string of the molecule is Cc1ccc(-c2c(N)cccc2OCCOCc2ccccc2)cc1. The van der Waals surface area contributed by atoms with Crippen molar-refractivity contribution in [3.63, 3.8) is 0 Å². The number of hydrogen-bond donors (Lipinski definition) is 1. The Hall–Kier alpha value is -2.78. The normalized spacial score (nSPS) is 10.6. The Balaban J connectivity index is 1.61. The first kappa shape index (κ1) is 17.1. The van der Waals surface area contributed by atoms with Gasteiger partial charge in [-0.05, 0) is 30.2 Å². The lowest BCUT2D eigenvalue weighted by Gasteiger charge is -2.14. The fourth-order valence-electron chi connectivity index (χ4n) is 2.67. The van der Waals surface area contributed by atoms with E-state index in [-0.39, 0.29) is 0 Å². The second-order valence-corrected chi connectivity index (χ2v) is 5.97. The van der Waals surface area contributed by atoms with Crippen molar-refractivity contribution in [2.75, 3.05) is 18.9 Å². The lowest BCUT2D eigenvalue weighted by molar-refractivity contribution is 0.0891. The van der Waals surface area contributed by atoms with Gasteiger partial charge in [0.1, 0.15) is 12.4 Å². The third kappa shape index (κ3) is 4.61. The molecule has 0 amide bonds. The fraction of sp³-hybridized carbons (Fsp3) is 0.182. The van der Waals surface area contributed by atoms with E-state index in [9.17, 15) is 0 Å². The van der Waals surface area contributed by atoms with Crippen LogP contribution in [0.1, 0.15) is 11.1 Å². The number of nitrogens with two attached hydrogens (primary N) is 1. The Bertz CT molecular complexity index is 798. The van der Waals surface area contributed by atoms with E-state index in [1.807, 2.05) is 48.5 Å². The van der Waals surface area contributed by atoms with Crippen molar-refractivity contribution < 1.29 is 9.47 Å². The molecule has 0 radical (unpaired) electrons. The molecule has 0 fully saturated rings. The summed E-state index contributed by atoms with van der Waals surface area (Å²) in [5.41, 5.74) is 11.3. The van der Waals surface area contributed by atoms with E-state index >= 15 is 0 Å². The molecular weight excluding hydrogens is 310 g/mol. The molecule has 128 valence electrons. The smallest absolute Gasteiger partial charge is 0.129 e. The van der Waals surface area contributed by atoms with Gasteiger partial charge in [-0.3, -0.25) is 0 Å². The molecule has 0 aromatic heterocycles. The van der Waals surface area contributed by atoms with Gasteiger partial charge in [0.25, 0.3) is 0 Å². The van der Waals surface area contributed by atoms with Crippen LogP contribution in [0.2, 0.25) is 0 Å². The van der Waals surface area contributed by atoms with E-state index < -0.39 is 0 Å². The van der Waals surface area contributed by atoms with Crippen molar-refractivity contribution in [1.82, 2.24) is 0 Å². The molecule has 3 nitrogen and oxygen atoms in total. The number of nitrogen functional groups attached to an aromatic ring is 1. The number of hydrogen-bond acceptors (Lipinski definition) is 3. The molecule has 0 heterocycles. The average molecular weight is 333 g/mol. The minimum absolute atomic E-state index is 0.481. The number of anilines is 1. The zero-order valence-electron chi connectivity index (χ0n) is 14.4. The third-order valence-electron chi connectivity index (χ3n) is 4.00. The quantitative estimate of drug-likeness (QED) is 0.497. The first-order valence-corrected chi connectivity index (χ1v) is 8.44. The maximum atomic E-state index is 6.19. The summed E-state index contributed by atoms with van der Waals surface area (Å²) in [5.74, 6) is 0.784. The van der Waals surface area contributed by atoms with Crippen molar-refractivity contribution in [1.29, 1.82) is 0 Å². The van der Waals surface area contributed by atoms with Gasteiger partial charge >= 0.3 is 0 Å². The lowest BCUT2D eigenvalue weighted by atomic mass is 10.0. The highest BCUT2D eigenvalue weighted by Crippen LogP contribution is 2.35. The highest BCUT2D eigenvalue weighted by Gasteiger charge is 2.10. The predicted octanol–water partition coefficient (Wildman–Crippen LogP) is 4.84. The van der Waals surface area contributed by atoms with Crippen LogP contribution in [0.4, 0.5) is 5.69 Å². The first-order chi connectivity index (χ1) is 12.2. The van der Waals surface area contributed by atoms with Crippen LogP contribution < -0.4 is 10.5 Å². The summed E-state index contributed by atoms with van der Waals surface area (Å²) in [5, 5.41) is 0. The molecular formula is C22H23NO2. The number of ether oxygens (including phenoxy) is 2. The van der Waals surface area contributed by atoms with Crippen LogP contribution >= 0.6 is 0 Å². The number of benzene rings is 3. The molecule has 3 aromatic carbocycles. The average Bonchev–Trinajstić information content (AvgIpc) is 2.63. The van der Waals surface area contributed by atoms with Crippen LogP contribution in [-0.2, 0) is 11.3 Å². The van der Waals surface area contributed by atoms with Gasteiger partial charge in [0.05, 0.1) is 13.2 Å². The molecule has 3 heteroatoms. The third-order valence-corrected chi connectivity index (χ3v) is 4.00. The predicted molar refractivity (Wildman–Crippen MR) is 103 cm³/mol. The van der Waals surface area contributed by atoms with Crippen LogP contribution in [0.25, 0.3) is 11.1 Å². The van der Waals surface area contributed by atoms with Gasteiger partial charge in [0.15, 0.2) is 0 Å². The highest BCUT2D eigenvalue weighted by atomic mass is 16.5. The molecule has 0 saturated carbocycles. The van der Waals surface area contributed by atoms with Crippen molar-refractivity contribution in [3.05, 3.63) is 83.9 Å². The molecule has 0 aliphatic rings. The minimum atomic E-state index is 0.481. The van der Waals surface area contributed by atoms with Crippen LogP contribution in [0.5, 0.6) is 5.75 Å². The zero-order chi connectivity index (χ0) is 17.5. The van der Waals surface area contributed by atoms with Gasteiger partial charge in [0.2, 0.25) is 0 Å². The van der Waals surface area contributed by atoms with Crippen molar-refractivity contribution in [2.24, 2.45) is 0 Å². The van der Waals surface area contributed by atoms with Crippen LogP contribution in [0, 0.1) is 6.92 Å². The van der Waals surface area contributed by atoms with Gasteiger partial charge in [0, 0.05) is 11.3 Å². The Labute approximate surface area is 149 Å². The lowest BCUT2D eigenvalue weighted by Crippen LogP contribution is -2.08. The Kier molecular flexibility index (Phi) is 5.70. The molecule has 2 N–H and O–H groups in total. The van der Waals surface area contributed by atoms with Crippen LogP contribution in [0.3, 0.4) is 0 Å².